The van der Waals surface area contributed by atoms with Crippen LogP contribution in [0, 0.1) is 11.8 Å². The Morgan fingerprint density at radius 3 is 2.77 bits per heavy atom. The van der Waals surface area contributed by atoms with Gasteiger partial charge in [-0.1, -0.05) is 6.92 Å². The van der Waals surface area contributed by atoms with Gasteiger partial charge in [0.25, 0.3) is 0 Å². The molecule has 13 heavy (non-hydrogen) atoms. The number of rotatable bonds is 5. The molecule has 0 aromatic rings. The van der Waals surface area contributed by atoms with Gasteiger partial charge in [0.2, 0.25) is 0 Å². The minimum atomic E-state index is 0.671. The third-order valence-electron chi connectivity index (χ3n) is 2.50. The molecular formula is C10H21NOS. The summed E-state index contributed by atoms with van der Waals surface area (Å²) < 4.78 is 5.32. The van der Waals surface area contributed by atoms with Crippen molar-refractivity contribution in [3.8, 4) is 0 Å². The lowest BCUT2D eigenvalue weighted by atomic mass is 10.0. The Hall–Kier alpha value is 0.270. The van der Waals surface area contributed by atoms with Crippen LogP contribution in [0.1, 0.15) is 19.8 Å². The van der Waals surface area contributed by atoms with Crippen molar-refractivity contribution in [2.24, 2.45) is 17.6 Å². The Labute approximate surface area is 85.6 Å². The van der Waals surface area contributed by atoms with Gasteiger partial charge in [-0.15, -0.1) is 0 Å². The van der Waals surface area contributed by atoms with Crippen LogP contribution in [-0.2, 0) is 4.74 Å². The summed E-state index contributed by atoms with van der Waals surface area (Å²) in [6.07, 6.45) is 2.51. The predicted molar refractivity (Wildman–Crippen MR) is 59.1 cm³/mol. The van der Waals surface area contributed by atoms with Crippen LogP contribution < -0.4 is 5.73 Å². The molecule has 0 amide bonds. The third-order valence-corrected chi connectivity index (χ3v) is 4.01. The molecule has 3 heteroatoms. The van der Waals surface area contributed by atoms with E-state index >= 15 is 0 Å². The second-order valence-corrected chi connectivity index (χ2v) is 5.01. The fourth-order valence-electron chi connectivity index (χ4n) is 1.42. The second-order valence-electron chi connectivity index (χ2n) is 3.93. The maximum Gasteiger partial charge on any atom is 0.0468 e. The molecule has 1 rings (SSSR count). The summed E-state index contributed by atoms with van der Waals surface area (Å²) in [4.78, 5) is 0. The number of nitrogens with two attached hydrogens (primary N) is 1. The fourth-order valence-corrected chi connectivity index (χ4v) is 2.76. The average molecular weight is 203 g/mol. The molecule has 0 radical (unpaired) electrons. The van der Waals surface area contributed by atoms with Crippen LogP contribution in [0.15, 0.2) is 0 Å². The van der Waals surface area contributed by atoms with E-state index in [1.807, 2.05) is 0 Å². The maximum absolute atomic E-state index is 5.56. The highest BCUT2D eigenvalue weighted by molar-refractivity contribution is 7.99. The van der Waals surface area contributed by atoms with E-state index in [-0.39, 0.29) is 0 Å². The Morgan fingerprint density at radius 2 is 2.15 bits per heavy atom. The molecule has 1 unspecified atom stereocenters. The molecule has 0 spiro atoms. The summed E-state index contributed by atoms with van der Waals surface area (Å²) >= 11 is 2.06. The molecule has 0 aromatic carbocycles. The van der Waals surface area contributed by atoms with Crippen molar-refractivity contribution >= 4 is 11.8 Å². The number of thioether (sulfide) groups is 1. The summed E-state index contributed by atoms with van der Waals surface area (Å²) in [6, 6.07) is 0. The molecule has 1 saturated heterocycles. The van der Waals surface area contributed by atoms with Crippen molar-refractivity contribution in [3.63, 3.8) is 0 Å². The topological polar surface area (TPSA) is 35.2 Å². The molecular weight excluding hydrogens is 182 g/mol. The van der Waals surface area contributed by atoms with Gasteiger partial charge < -0.3 is 10.5 Å². The quantitative estimate of drug-likeness (QED) is 0.739. The molecule has 1 fully saturated rings. The molecule has 1 atom stereocenters. The molecule has 1 heterocycles. The van der Waals surface area contributed by atoms with Gasteiger partial charge in [-0.2, -0.15) is 11.8 Å². The zero-order valence-corrected chi connectivity index (χ0v) is 9.31. The molecule has 1 aliphatic rings. The average Bonchev–Trinajstić information content (AvgIpc) is 2.19. The Kier molecular flexibility index (Phi) is 5.83. The van der Waals surface area contributed by atoms with E-state index in [0.717, 1.165) is 25.7 Å². The van der Waals surface area contributed by atoms with Gasteiger partial charge in [-0.25, -0.2) is 0 Å². The zero-order valence-electron chi connectivity index (χ0n) is 8.50. The van der Waals surface area contributed by atoms with Gasteiger partial charge >= 0.3 is 0 Å². The van der Waals surface area contributed by atoms with Gasteiger partial charge in [0.15, 0.2) is 0 Å². The molecule has 78 valence electrons. The van der Waals surface area contributed by atoms with Gasteiger partial charge in [0.05, 0.1) is 0 Å². The fraction of sp³-hybridized carbons (Fsp3) is 1.00. The van der Waals surface area contributed by atoms with E-state index < -0.39 is 0 Å². The number of ether oxygens (including phenoxy) is 1. The lowest BCUT2D eigenvalue weighted by molar-refractivity contribution is 0.0728. The van der Waals surface area contributed by atoms with Crippen LogP contribution >= 0.6 is 11.8 Å². The summed E-state index contributed by atoms with van der Waals surface area (Å²) in [5.41, 5.74) is 5.56. The highest BCUT2D eigenvalue weighted by Crippen LogP contribution is 2.20. The highest BCUT2D eigenvalue weighted by atomic mass is 32.2. The van der Waals surface area contributed by atoms with Crippen LogP contribution in [0.4, 0.5) is 0 Å². The first-order valence-corrected chi connectivity index (χ1v) is 6.34. The van der Waals surface area contributed by atoms with Crippen LogP contribution in [0.3, 0.4) is 0 Å². The molecule has 0 saturated carbocycles. The Balaban J connectivity index is 1.98. The van der Waals surface area contributed by atoms with Crippen LogP contribution in [0.5, 0.6) is 0 Å². The molecule has 0 aromatic heterocycles. The minimum Gasteiger partial charge on any atom is -0.381 e. The van der Waals surface area contributed by atoms with Crippen molar-refractivity contribution in [3.05, 3.63) is 0 Å². The zero-order chi connectivity index (χ0) is 9.52. The van der Waals surface area contributed by atoms with E-state index in [0.29, 0.717) is 5.92 Å². The van der Waals surface area contributed by atoms with Gasteiger partial charge in [-0.3, -0.25) is 0 Å². The van der Waals surface area contributed by atoms with E-state index in [4.69, 9.17) is 10.5 Å². The normalized spacial score (nSPS) is 21.7. The molecule has 0 bridgehead atoms. The summed E-state index contributed by atoms with van der Waals surface area (Å²) in [5, 5.41) is 0. The SMILES string of the molecule is CC(CN)CSCC1CCOCC1. The van der Waals surface area contributed by atoms with Gasteiger partial charge in [0.1, 0.15) is 0 Å². The third kappa shape index (κ3) is 4.89. The molecule has 0 aliphatic carbocycles. The number of hydrogen-bond donors (Lipinski definition) is 1. The van der Waals surface area contributed by atoms with Crippen molar-refractivity contribution in [1.29, 1.82) is 0 Å². The van der Waals surface area contributed by atoms with E-state index in [2.05, 4.69) is 18.7 Å². The molecule has 2 N–H and O–H groups in total. The Morgan fingerprint density at radius 1 is 1.46 bits per heavy atom. The van der Waals surface area contributed by atoms with Crippen LogP contribution in [0.25, 0.3) is 0 Å². The standard InChI is InChI=1S/C10H21NOS/c1-9(6-11)7-13-8-10-2-4-12-5-3-10/h9-10H,2-8,11H2,1H3. The van der Waals surface area contributed by atoms with Gasteiger partial charge in [-0.05, 0) is 42.7 Å². The van der Waals surface area contributed by atoms with Crippen LogP contribution in [-0.4, -0.2) is 31.3 Å². The van der Waals surface area contributed by atoms with Crippen molar-refractivity contribution in [1.82, 2.24) is 0 Å². The molecule has 2 nitrogen and oxygen atoms in total. The summed E-state index contributed by atoms with van der Waals surface area (Å²) in [6.45, 7) is 4.98. The van der Waals surface area contributed by atoms with Gasteiger partial charge in [0, 0.05) is 13.2 Å². The van der Waals surface area contributed by atoms with Crippen molar-refractivity contribution in [2.45, 2.75) is 19.8 Å². The second kappa shape index (κ2) is 6.68. The predicted octanol–water partition coefficient (Wildman–Crippen LogP) is 1.74. The first-order chi connectivity index (χ1) is 6.33. The monoisotopic (exact) mass is 203 g/mol. The van der Waals surface area contributed by atoms with Crippen molar-refractivity contribution < 1.29 is 4.74 Å². The van der Waals surface area contributed by atoms with E-state index in [1.165, 1.54) is 24.3 Å². The molecule has 1 aliphatic heterocycles. The van der Waals surface area contributed by atoms with E-state index in [1.54, 1.807) is 0 Å². The van der Waals surface area contributed by atoms with E-state index in [9.17, 15) is 0 Å². The summed E-state index contributed by atoms with van der Waals surface area (Å²) in [7, 11) is 0. The smallest absolute Gasteiger partial charge is 0.0468 e. The number of hydrogen-bond acceptors (Lipinski definition) is 3. The largest absolute Gasteiger partial charge is 0.381 e. The maximum atomic E-state index is 5.56. The summed E-state index contributed by atoms with van der Waals surface area (Å²) in [5.74, 6) is 4.08. The Bertz CT molecular complexity index is 126. The first-order valence-electron chi connectivity index (χ1n) is 5.18. The van der Waals surface area contributed by atoms with Crippen molar-refractivity contribution in [2.75, 3.05) is 31.3 Å². The highest BCUT2D eigenvalue weighted by Gasteiger charge is 2.13. The first kappa shape index (κ1) is 11.3. The lowest BCUT2D eigenvalue weighted by Crippen LogP contribution is -2.19. The minimum absolute atomic E-state index is 0.671. The van der Waals surface area contributed by atoms with Crippen LogP contribution in [0.2, 0.25) is 0 Å². The lowest BCUT2D eigenvalue weighted by Gasteiger charge is -2.21.